The van der Waals surface area contributed by atoms with Crippen molar-refractivity contribution in [1.29, 1.82) is 0 Å². The number of thioether (sulfide) groups is 1. The maximum Gasteiger partial charge on any atom is 0.232 e. The van der Waals surface area contributed by atoms with Gasteiger partial charge in [0, 0.05) is 18.8 Å². The van der Waals surface area contributed by atoms with Gasteiger partial charge < -0.3 is 4.90 Å². The zero-order chi connectivity index (χ0) is 16.8. The third kappa shape index (κ3) is 4.80. The predicted molar refractivity (Wildman–Crippen MR) is 100 cm³/mol. The molecule has 1 aliphatic rings. The van der Waals surface area contributed by atoms with Crippen molar-refractivity contribution in [1.82, 2.24) is 13.6 Å². The molecule has 1 amide bonds. The monoisotopic (exact) mass is 361 g/mol. The lowest BCUT2D eigenvalue weighted by Crippen LogP contribution is -2.39. The molecule has 0 atom stereocenters. The number of hydrogen-bond donors (Lipinski definition) is 0. The van der Waals surface area contributed by atoms with Gasteiger partial charge in [-0.15, -0.1) is 11.8 Å². The Hall–Kier alpha value is -1.40. The molecule has 1 aromatic carbocycles. The first-order valence-electron chi connectivity index (χ1n) is 8.40. The van der Waals surface area contributed by atoms with Crippen LogP contribution in [0.1, 0.15) is 29.8 Å². The molecule has 1 fully saturated rings. The summed E-state index contributed by atoms with van der Waals surface area (Å²) in [6, 6.07) is 10.7. The van der Waals surface area contributed by atoms with Crippen molar-refractivity contribution >= 4 is 29.4 Å². The number of carbonyl (C=O) groups excluding carboxylic acids is 1. The highest BCUT2D eigenvalue weighted by molar-refractivity contribution is 7.99. The summed E-state index contributed by atoms with van der Waals surface area (Å²) in [4.78, 5) is 14.4. The number of amides is 1. The highest BCUT2D eigenvalue weighted by atomic mass is 32.2. The van der Waals surface area contributed by atoms with Crippen LogP contribution in [0.4, 0.5) is 0 Å². The van der Waals surface area contributed by atoms with Crippen LogP contribution in [0.15, 0.2) is 30.3 Å². The van der Waals surface area contributed by atoms with Gasteiger partial charge in [-0.1, -0.05) is 30.3 Å². The highest BCUT2D eigenvalue weighted by Gasteiger charge is 2.22. The lowest BCUT2D eigenvalue weighted by atomic mass is 9.90. The molecule has 1 aliphatic heterocycles. The van der Waals surface area contributed by atoms with Gasteiger partial charge >= 0.3 is 0 Å². The predicted octanol–water partition coefficient (Wildman–Crippen LogP) is 3.56. The number of carbonyl (C=O) groups is 1. The van der Waals surface area contributed by atoms with Crippen molar-refractivity contribution in [2.75, 3.05) is 18.8 Å². The highest BCUT2D eigenvalue weighted by Crippen LogP contribution is 2.22. The van der Waals surface area contributed by atoms with E-state index in [0.717, 1.165) is 49.5 Å². The Kier molecular flexibility index (Phi) is 6.26. The summed E-state index contributed by atoms with van der Waals surface area (Å²) < 4.78 is 8.43. The van der Waals surface area contributed by atoms with Crippen LogP contribution in [0.5, 0.6) is 0 Å². The van der Waals surface area contributed by atoms with E-state index in [1.54, 1.807) is 11.8 Å². The molecule has 6 heteroatoms. The molecule has 0 unspecified atom stereocenters. The van der Waals surface area contributed by atoms with E-state index in [0.29, 0.717) is 11.7 Å². The van der Waals surface area contributed by atoms with E-state index < -0.39 is 0 Å². The Labute approximate surface area is 152 Å². The first-order chi connectivity index (χ1) is 11.7. The second kappa shape index (κ2) is 8.62. The normalized spacial score (nSPS) is 15.6. The van der Waals surface area contributed by atoms with Crippen LogP contribution >= 0.6 is 23.5 Å². The maximum atomic E-state index is 12.3. The van der Waals surface area contributed by atoms with Crippen molar-refractivity contribution < 1.29 is 4.79 Å². The van der Waals surface area contributed by atoms with E-state index >= 15 is 0 Å². The Morgan fingerprint density at radius 3 is 2.67 bits per heavy atom. The number of nitrogens with zero attached hydrogens (tertiary/aromatic N) is 3. The summed E-state index contributed by atoms with van der Waals surface area (Å²) in [6.07, 6.45) is 3.36. The topological polar surface area (TPSA) is 46.1 Å². The van der Waals surface area contributed by atoms with Gasteiger partial charge in [-0.3, -0.25) is 4.79 Å². The average molecular weight is 362 g/mol. The van der Waals surface area contributed by atoms with Crippen molar-refractivity contribution in [3.63, 3.8) is 0 Å². The van der Waals surface area contributed by atoms with Gasteiger partial charge in [-0.05, 0) is 37.7 Å². The standard InChI is InChI=1S/C18H23N3OS2/c1-14-17(20-24-19-14)12-23-13-18(22)21-9-7-16(8-10-21)11-15-5-3-2-4-6-15/h2-6,16H,7-13H2,1H3. The summed E-state index contributed by atoms with van der Waals surface area (Å²) in [5.74, 6) is 2.28. The van der Waals surface area contributed by atoms with Crippen LogP contribution in [0.2, 0.25) is 0 Å². The summed E-state index contributed by atoms with van der Waals surface area (Å²) >= 11 is 2.89. The molecule has 24 heavy (non-hydrogen) atoms. The van der Waals surface area contributed by atoms with Crippen LogP contribution in [-0.2, 0) is 17.0 Å². The lowest BCUT2D eigenvalue weighted by molar-refractivity contribution is -0.129. The van der Waals surface area contributed by atoms with Gasteiger partial charge in [0.25, 0.3) is 0 Å². The first kappa shape index (κ1) is 17.4. The molecular formula is C18H23N3OS2. The lowest BCUT2D eigenvalue weighted by Gasteiger charge is -2.32. The van der Waals surface area contributed by atoms with Crippen molar-refractivity contribution in [3.05, 3.63) is 47.3 Å². The van der Waals surface area contributed by atoms with Crippen LogP contribution in [0.3, 0.4) is 0 Å². The average Bonchev–Trinajstić information content (AvgIpc) is 3.01. The molecule has 4 nitrogen and oxygen atoms in total. The number of rotatable bonds is 6. The van der Waals surface area contributed by atoms with E-state index in [1.165, 1.54) is 17.3 Å². The third-order valence-corrected chi connectivity index (χ3v) is 6.13. The zero-order valence-corrected chi connectivity index (χ0v) is 15.6. The summed E-state index contributed by atoms with van der Waals surface area (Å²) in [5.41, 5.74) is 3.41. The molecule has 0 radical (unpaired) electrons. The Bertz CT molecular complexity index is 651. The minimum Gasteiger partial charge on any atom is -0.342 e. The molecule has 0 saturated carbocycles. The molecule has 0 aliphatic carbocycles. The molecule has 3 rings (SSSR count). The zero-order valence-electron chi connectivity index (χ0n) is 14.0. The number of aryl methyl sites for hydroxylation is 1. The first-order valence-corrected chi connectivity index (χ1v) is 10.3. The van der Waals surface area contributed by atoms with Gasteiger partial charge in [0.05, 0.1) is 28.9 Å². The summed E-state index contributed by atoms with van der Waals surface area (Å²) in [6.45, 7) is 3.76. The molecule has 2 aromatic rings. The van der Waals surface area contributed by atoms with Crippen LogP contribution in [0, 0.1) is 12.8 Å². The Balaban J connectivity index is 1.38. The SMILES string of the molecule is Cc1nsnc1CSCC(=O)N1CCC(Cc2ccccc2)CC1. The minimum absolute atomic E-state index is 0.263. The third-order valence-electron chi connectivity index (χ3n) is 4.55. The number of benzene rings is 1. The van der Waals surface area contributed by atoms with E-state index in [4.69, 9.17) is 0 Å². The van der Waals surface area contributed by atoms with Crippen molar-refractivity contribution in [2.24, 2.45) is 5.92 Å². The van der Waals surface area contributed by atoms with Crippen LogP contribution < -0.4 is 0 Å². The quantitative estimate of drug-likeness (QED) is 0.789. The van der Waals surface area contributed by atoms with Gasteiger partial charge in [0.1, 0.15) is 0 Å². The van der Waals surface area contributed by atoms with E-state index in [2.05, 4.69) is 39.1 Å². The van der Waals surface area contributed by atoms with Gasteiger partial charge in [-0.2, -0.15) is 8.75 Å². The molecule has 1 aromatic heterocycles. The fraction of sp³-hybridized carbons (Fsp3) is 0.500. The molecule has 2 heterocycles. The second-order valence-electron chi connectivity index (χ2n) is 6.30. The summed E-state index contributed by atoms with van der Waals surface area (Å²) in [7, 11) is 0. The molecule has 1 saturated heterocycles. The number of hydrogen-bond acceptors (Lipinski definition) is 5. The number of piperidine rings is 1. The van der Waals surface area contributed by atoms with Crippen LogP contribution in [0.25, 0.3) is 0 Å². The Morgan fingerprint density at radius 2 is 2.00 bits per heavy atom. The van der Waals surface area contributed by atoms with Crippen LogP contribution in [-0.4, -0.2) is 38.4 Å². The molecule has 0 spiro atoms. The maximum absolute atomic E-state index is 12.3. The van der Waals surface area contributed by atoms with Crippen molar-refractivity contribution in [2.45, 2.75) is 31.9 Å². The van der Waals surface area contributed by atoms with E-state index in [9.17, 15) is 4.79 Å². The smallest absolute Gasteiger partial charge is 0.232 e. The van der Waals surface area contributed by atoms with Gasteiger partial charge in [-0.25, -0.2) is 0 Å². The molecular weight excluding hydrogens is 338 g/mol. The van der Waals surface area contributed by atoms with E-state index in [-0.39, 0.29) is 5.91 Å². The molecule has 0 N–H and O–H groups in total. The number of likely N-dealkylation sites (tertiary alicyclic amines) is 1. The minimum atomic E-state index is 0.263. The van der Waals surface area contributed by atoms with Crippen molar-refractivity contribution in [3.8, 4) is 0 Å². The van der Waals surface area contributed by atoms with Gasteiger partial charge in [0.2, 0.25) is 5.91 Å². The number of aromatic nitrogens is 2. The Morgan fingerprint density at radius 1 is 1.25 bits per heavy atom. The summed E-state index contributed by atoms with van der Waals surface area (Å²) in [5, 5.41) is 0. The van der Waals surface area contributed by atoms with Gasteiger partial charge in [0.15, 0.2) is 0 Å². The molecule has 128 valence electrons. The largest absolute Gasteiger partial charge is 0.342 e. The fourth-order valence-corrected chi connectivity index (χ4v) is 4.61. The van der Waals surface area contributed by atoms with E-state index in [1.807, 2.05) is 11.8 Å². The second-order valence-corrected chi connectivity index (χ2v) is 7.82. The molecule has 0 bridgehead atoms. The fourth-order valence-electron chi connectivity index (χ4n) is 3.04.